The fourth-order valence-corrected chi connectivity index (χ4v) is 2.26. The topological polar surface area (TPSA) is 102 Å². The van der Waals surface area contributed by atoms with Gasteiger partial charge in [0.15, 0.2) is 0 Å². The largest absolute Gasteiger partial charge is 0.497 e. The minimum absolute atomic E-state index is 0.0235. The number of anilines is 1. The van der Waals surface area contributed by atoms with Crippen molar-refractivity contribution in [3.8, 4) is 11.5 Å². The number of hydrogen-bond donors (Lipinski definition) is 2. The van der Waals surface area contributed by atoms with E-state index in [0.717, 1.165) is 5.69 Å². The lowest BCUT2D eigenvalue weighted by molar-refractivity contribution is -0.115. The van der Waals surface area contributed by atoms with Crippen LogP contribution in [-0.2, 0) is 4.79 Å². The van der Waals surface area contributed by atoms with Crippen LogP contribution in [0.15, 0.2) is 41.5 Å². The monoisotopic (exact) mass is 370 g/mol. The minimum atomic E-state index is -0.449. The van der Waals surface area contributed by atoms with E-state index >= 15 is 0 Å². The average molecular weight is 370 g/mol. The molecule has 0 fully saturated rings. The highest BCUT2D eigenvalue weighted by Gasteiger charge is 2.13. The van der Waals surface area contributed by atoms with E-state index in [1.165, 1.54) is 14.2 Å². The van der Waals surface area contributed by atoms with Gasteiger partial charge in [0.05, 0.1) is 26.2 Å². The zero-order valence-corrected chi connectivity index (χ0v) is 15.7. The first-order valence-corrected chi connectivity index (χ1v) is 8.22. The number of ether oxygens (including phenoxy) is 2. The maximum atomic E-state index is 12.3. The number of benzene rings is 1. The second-order valence-electron chi connectivity index (χ2n) is 5.74. The van der Waals surface area contributed by atoms with E-state index in [9.17, 15) is 9.59 Å². The quantitative estimate of drug-likeness (QED) is 0.576. The summed E-state index contributed by atoms with van der Waals surface area (Å²) in [6, 6.07) is 10.2. The van der Waals surface area contributed by atoms with Crippen molar-refractivity contribution < 1.29 is 19.1 Å². The Labute approximate surface area is 157 Å². The molecule has 0 atom stereocenters. The summed E-state index contributed by atoms with van der Waals surface area (Å²) in [6.07, 6.45) is 0.0235. The molecule has 2 amide bonds. The second kappa shape index (κ2) is 9.33. The van der Waals surface area contributed by atoms with E-state index < -0.39 is 5.91 Å². The van der Waals surface area contributed by atoms with Crippen molar-refractivity contribution in [2.45, 2.75) is 20.3 Å². The van der Waals surface area contributed by atoms with Crippen molar-refractivity contribution in [3.63, 3.8) is 0 Å². The van der Waals surface area contributed by atoms with E-state index in [4.69, 9.17) is 9.47 Å². The summed E-state index contributed by atoms with van der Waals surface area (Å²) in [5.74, 6) is 0.688. The highest BCUT2D eigenvalue weighted by molar-refractivity contribution is 6.06. The number of amides is 2. The zero-order valence-electron chi connectivity index (χ0n) is 15.7. The fourth-order valence-electron chi connectivity index (χ4n) is 2.26. The van der Waals surface area contributed by atoms with E-state index in [1.807, 2.05) is 13.0 Å². The first-order chi connectivity index (χ1) is 12.9. The number of methoxy groups -OCH3 is 2. The lowest BCUT2D eigenvalue weighted by atomic mass is 10.2. The fraction of sp³-hybridized carbons (Fsp3) is 0.263. The Balaban J connectivity index is 1.96. The molecule has 8 heteroatoms. The van der Waals surface area contributed by atoms with Crippen molar-refractivity contribution >= 4 is 23.3 Å². The van der Waals surface area contributed by atoms with Gasteiger partial charge in [0.25, 0.3) is 5.91 Å². The van der Waals surface area contributed by atoms with E-state index in [1.54, 1.807) is 37.3 Å². The Morgan fingerprint density at radius 3 is 2.59 bits per heavy atom. The number of carbonyl (C=O) groups excluding carboxylic acids is 2. The number of pyridine rings is 1. The van der Waals surface area contributed by atoms with Crippen molar-refractivity contribution in [3.05, 3.63) is 47.7 Å². The smallest absolute Gasteiger partial charge is 0.275 e. The number of nitrogens with one attached hydrogen (secondary N) is 2. The van der Waals surface area contributed by atoms with Gasteiger partial charge in [-0.1, -0.05) is 6.07 Å². The van der Waals surface area contributed by atoms with E-state index in [-0.39, 0.29) is 12.3 Å². The van der Waals surface area contributed by atoms with Crippen LogP contribution in [0.25, 0.3) is 0 Å². The molecule has 2 N–H and O–H groups in total. The molecule has 0 saturated carbocycles. The summed E-state index contributed by atoms with van der Waals surface area (Å²) in [5.41, 5.74) is 3.98. The number of rotatable bonds is 7. The number of aromatic nitrogens is 1. The molecule has 142 valence electrons. The molecule has 0 aliphatic rings. The summed E-state index contributed by atoms with van der Waals surface area (Å²) in [6.45, 7) is 3.49. The van der Waals surface area contributed by atoms with Gasteiger partial charge in [0.1, 0.15) is 17.3 Å². The third-order valence-electron chi connectivity index (χ3n) is 3.57. The predicted octanol–water partition coefficient (Wildman–Crippen LogP) is 2.54. The van der Waals surface area contributed by atoms with Crippen LogP contribution >= 0.6 is 0 Å². The normalized spacial score (nSPS) is 10.9. The number of hydrazone groups is 1. The van der Waals surface area contributed by atoms with Crippen LogP contribution in [0.2, 0.25) is 0 Å². The Hall–Kier alpha value is -3.42. The summed E-state index contributed by atoms with van der Waals surface area (Å²) < 4.78 is 10.3. The average Bonchev–Trinajstić information content (AvgIpc) is 2.65. The molecular weight excluding hydrogens is 348 g/mol. The van der Waals surface area contributed by atoms with Gasteiger partial charge in [-0.3, -0.25) is 9.59 Å². The van der Waals surface area contributed by atoms with Crippen LogP contribution in [0.5, 0.6) is 11.5 Å². The van der Waals surface area contributed by atoms with E-state index in [2.05, 4.69) is 20.8 Å². The molecule has 0 aliphatic heterocycles. The Morgan fingerprint density at radius 2 is 1.93 bits per heavy atom. The predicted molar refractivity (Wildman–Crippen MR) is 102 cm³/mol. The van der Waals surface area contributed by atoms with Crippen LogP contribution in [-0.4, -0.2) is 36.7 Å². The third-order valence-corrected chi connectivity index (χ3v) is 3.57. The van der Waals surface area contributed by atoms with Crippen LogP contribution in [0.1, 0.15) is 29.4 Å². The van der Waals surface area contributed by atoms with Gasteiger partial charge >= 0.3 is 0 Å². The maximum Gasteiger partial charge on any atom is 0.275 e. The lowest BCUT2D eigenvalue weighted by Crippen LogP contribution is -2.22. The maximum absolute atomic E-state index is 12.3. The van der Waals surface area contributed by atoms with Crippen LogP contribution < -0.4 is 20.2 Å². The standard InChI is InChI=1S/C19H22N4O4/c1-12-6-5-7-17(20-12)21-18(24)10-13(2)22-23-19(25)15-9-8-14(26-3)11-16(15)27-4/h5-9,11H,10H2,1-4H3,(H,23,25)(H,20,21,24)/b22-13+. The number of carbonyl (C=O) groups is 2. The molecular formula is C19H22N4O4. The van der Waals surface area contributed by atoms with Gasteiger partial charge in [-0.15, -0.1) is 0 Å². The number of aryl methyl sites for hydroxylation is 1. The van der Waals surface area contributed by atoms with Gasteiger partial charge in [0, 0.05) is 17.5 Å². The molecule has 0 aliphatic carbocycles. The number of hydrogen-bond acceptors (Lipinski definition) is 6. The van der Waals surface area contributed by atoms with Crippen molar-refractivity contribution in [1.82, 2.24) is 10.4 Å². The first kappa shape index (κ1) is 19.9. The molecule has 1 aromatic heterocycles. The van der Waals surface area contributed by atoms with Gasteiger partial charge in [0.2, 0.25) is 5.91 Å². The Morgan fingerprint density at radius 1 is 1.15 bits per heavy atom. The zero-order chi connectivity index (χ0) is 19.8. The van der Waals surface area contributed by atoms with Crippen molar-refractivity contribution in [1.29, 1.82) is 0 Å². The molecule has 1 heterocycles. The third kappa shape index (κ3) is 5.81. The van der Waals surface area contributed by atoms with E-state index in [0.29, 0.717) is 28.6 Å². The molecule has 0 bridgehead atoms. The Kier molecular flexibility index (Phi) is 6.87. The van der Waals surface area contributed by atoms with Crippen LogP contribution in [0, 0.1) is 6.92 Å². The Bertz CT molecular complexity index is 865. The lowest BCUT2D eigenvalue weighted by Gasteiger charge is -2.09. The molecule has 0 radical (unpaired) electrons. The highest BCUT2D eigenvalue weighted by Crippen LogP contribution is 2.24. The van der Waals surface area contributed by atoms with Gasteiger partial charge in [-0.25, -0.2) is 10.4 Å². The van der Waals surface area contributed by atoms with Gasteiger partial charge in [-0.05, 0) is 38.1 Å². The van der Waals surface area contributed by atoms with Crippen LogP contribution in [0.4, 0.5) is 5.82 Å². The molecule has 1 aromatic carbocycles. The molecule has 27 heavy (non-hydrogen) atoms. The minimum Gasteiger partial charge on any atom is -0.497 e. The van der Waals surface area contributed by atoms with Gasteiger partial charge < -0.3 is 14.8 Å². The molecule has 0 saturated heterocycles. The highest BCUT2D eigenvalue weighted by atomic mass is 16.5. The van der Waals surface area contributed by atoms with Gasteiger partial charge in [-0.2, -0.15) is 5.10 Å². The SMILES string of the molecule is COc1ccc(C(=O)N/N=C(\C)CC(=O)Nc2cccc(C)n2)c(OC)c1. The molecule has 2 aromatic rings. The van der Waals surface area contributed by atoms with Crippen molar-refractivity contribution in [2.75, 3.05) is 19.5 Å². The van der Waals surface area contributed by atoms with Crippen LogP contribution in [0.3, 0.4) is 0 Å². The summed E-state index contributed by atoms with van der Waals surface area (Å²) in [7, 11) is 2.99. The summed E-state index contributed by atoms with van der Waals surface area (Å²) in [5, 5.41) is 6.65. The second-order valence-corrected chi connectivity index (χ2v) is 5.74. The first-order valence-electron chi connectivity index (χ1n) is 8.22. The number of nitrogens with zero attached hydrogens (tertiary/aromatic N) is 2. The molecule has 0 unspecified atom stereocenters. The summed E-state index contributed by atoms with van der Waals surface area (Å²) >= 11 is 0. The van der Waals surface area contributed by atoms with Crippen molar-refractivity contribution in [2.24, 2.45) is 5.10 Å². The summed E-state index contributed by atoms with van der Waals surface area (Å²) in [4.78, 5) is 28.5. The molecule has 2 rings (SSSR count). The molecule has 8 nitrogen and oxygen atoms in total. The molecule has 0 spiro atoms.